The first-order valence-corrected chi connectivity index (χ1v) is 7.43. The first kappa shape index (κ1) is 16.1. The number of benzene rings is 1. The number of nitrogens with one attached hydrogen (secondary N) is 1. The molecule has 100 valence electrons. The lowest BCUT2D eigenvalue weighted by atomic mass is 10.3. The quantitative estimate of drug-likeness (QED) is 0.681. The standard InChI is InChI=1S/C11H12Br3NO3/c1-17-2-3-18-6-10(16)15-11-8(13)4-7(12)5-9(11)14/h4-5H,2-3,6H2,1H3,(H,15,16). The molecule has 1 amide bonds. The highest BCUT2D eigenvalue weighted by Crippen LogP contribution is 2.34. The van der Waals surface area contributed by atoms with E-state index in [9.17, 15) is 4.79 Å². The predicted molar refractivity (Wildman–Crippen MR) is 80.9 cm³/mol. The largest absolute Gasteiger partial charge is 0.382 e. The monoisotopic (exact) mass is 443 g/mol. The number of hydrogen-bond donors (Lipinski definition) is 1. The van der Waals surface area contributed by atoms with Crippen LogP contribution in [0.1, 0.15) is 0 Å². The Labute approximate surface area is 131 Å². The molecule has 0 fully saturated rings. The minimum absolute atomic E-state index is 0.00168. The molecule has 0 aliphatic carbocycles. The molecular formula is C11H12Br3NO3. The number of ether oxygens (including phenoxy) is 2. The van der Waals surface area contributed by atoms with E-state index in [0.29, 0.717) is 18.9 Å². The normalized spacial score (nSPS) is 10.4. The molecule has 4 nitrogen and oxygen atoms in total. The van der Waals surface area contributed by atoms with Crippen LogP contribution in [0.3, 0.4) is 0 Å². The van der Waals surface area contributed by atoms with Crippen LogP contribution in [0.2, 0.25) is 0 Å². The zero-order valence-electron chi connectivity index (χ0n) is 9.63. The maximum atomic E-state index is 11.6. The van der Waals surface area contributed by atoms with Crippen LogP contribution in [0.4, 0.5) is 5.69 Å². The summed E-state index contributed by atoms with van der Waals surface area (Å²) < 4.78 is 12.4. The number of halogens is 3. The number of methoxy groups -OCH3 is 1. The molecule has 0 saturated carbocycles. The number of amides is 1. The average Bonchev–Trinajstić information content (AvgIpc) is 2.29. The van der Waals surface area contributed by atoms with Crippen molar-refractivity contribution in [1.29, 1.82) is 0 Å². The van der Waals surface area contributed by atoms with Crippen LogP contribution in [-0.2, 0) is 14.3 Å². The van der Waals surface area contributed by atoms with Gasteiger partial charge in [0.05, 0.1) is 18.9 Å². The highest BCUT2D eigenvalue weighted by atomic mass is 79.9. The maximum absolute atomic E-state index is 11.6. The fourth-order valence-electron chi connectivity index (χ4n) is 1.14. The summed E-state index contributed by atoms with van der Waals surface area (Å²) in [5, 5.41) is 2.76. The fraction of sp³-hybridized carbons (Fsp3) is 0.364. The molecule has 7 heteroatoms. The summed E-state index contributed by atoms with van der Waals surface area (Å²) in [6, 6.07) is 3.71. The van der Waals surface area contributed by atoms with Crippen LogP contribution < -0.4 is 5.32 Å². The highest BCUT2D eigenvalue weighted by Gasteiger charge is 2.10. The molecule has 0 aliphatic rings. The lowest BCUT2D eigenvalue weighted by Gasteiger charge is -2.10. The van der Waals surface area contributed by atoms with Crippen LogP contribution in [0, 0.1) is 0 Å². The van der Waals surface area contributed by atoms with E-state index < -0.39 is 0 Å². The van der Waals surface area contributed by atoms with Crippen LogP contribution in [0.15, 0.2) is 25.6 Å². The molecule has 0 aliphatic heterocycles. The summed E-state index contributed by atoms with van der Waals surface area (Å²) in [6.07, 6.45) is 0. The van der Waals surface area contributed by atoms with E-state index in [4.69, 9.17) is 9.47 Å². The Morgan fingerprint density at radius 1 is 1.22 bits per heavy atom. The van der Waals surface area contributed by atoms with E-state index in [1.165, 1.54) is 0 Å². The van der Waals surface area contributed by atoms with Crippen molar-refractivity contribution in [3.63, 3.8) is 0 Å². The Kier molecular flexibility index (Phi) is 7.40. The van der Waals surface area contributed by atoms with Crippen molar-refractivity contribution in [1.82, 2.24) is 0 Å². The zero-order valence-corrected chi connectivity index (χ0v) is 14.4. The third-order valence-electron chi connectivity index (χ3n) is 1.94. The van der Waals surface area contributed by atoms with Crippen molar-refractivity contribution < 1.29 is 14.3 Å². The lowest BCUT2D eigenvalue weighted by Crippen LogP contribution is -2.20. The van der Waals surface area contributed by atoms with Gasteiger partial charge in [-0.3, -0.25) is 4.79 Å². The number of rotatable bonds is 6. The van der Waals surface area contributed by atoms with Gasteiger partial charge in [0, 0.05) is 20.5 Å². The molecule has 0 unspecified atom stereocenters. The van der Waals surface area contributed by atoms with Gasteiger partial charge >= 0.3 is 0 Å². The van der Waals surface area contributed by atoms with Gasteiger partial charge in [-0.2, -0.15) is 0 Å². The Morgan fingerprint density at radius 2 is 1.83 bits per heavy atom. The van der Waals surface area contributed by atoms with Gasteiger partial charge in [0.15, 0.2) is 0 Å². The fourth-order valence-corrected chi connectivity index (χ4v) is 3.60. The van der Waals surface area contributed by atoms with E-state index >= 15 is 0 Å². The topological polar surface area (TPSA) is 47.6 Å². The molecule has 1 aromatic rings. The molecule has 1 N–H and O–H groups in total. The molecule has 18 heavy (non-hydrogen) atoms. The Balaban J connectivity index is 2.54. The Hall–Kier alpha value is 0.0500. The summed E-state index contributed by atoms with van der Waals surface area (Å²) in [5.41, 5.74) is 0.679. The second-order valence-electron chi connectivity index (χ2n) is 3.34. The van der Waals surface area contributed by atoms with Gasteiger partial charge in [0.2, 0.25) is 5.91 Å². The Bertz CT molecular complexity index is 403. The first-order valence-electron chi connectivity index (χ1n) is 5.05. The van der Waals surface area contributed by atoms with E-state index in [0.717, 1.165) is 13.4 Å². The van der Waals surface area contributed by atoms with Gasteiger partial charge < -0.3 is 14.8 Å². The van der Waals surface area contributed by atoms with Gasteiger partial charge in [-0.25, -0.2) is 0 Å². The van der Waals surface area contributed by atoms with Gasteiger partial charge in [-0.15, -0.1) is 0 Å². The van der Waals surface area contributed by atoms with Crippen LogP contribution in [-0.4, -0.2) is 32.8 Å². The molecular weight excluding hydrogens is 434 g/mol. The molecule has 0 atom stereocenters. The first-order chi connectivity index (χ1) is 8.54. The SMILES string of the molecule is COCCOCC(=O)Nc1c(Br)cc(Br)cc1Br. The molecule has 0 spiro atoms. The maximum Gasteiger partial charge on any atom is 0.250 e. The molecule has 0 saturated heterocycles. The smallest absolute Gasteiger partial charge is 0.250 e. The second-order valence-corrected chi connectivity index (χ2v) is 5.96. The molecule has 0 bridgehead atoms. The van der Waals surface area contributed by atoms with Gasteiger partial charge in [-0.05, 0) is 44.0 Å². The van der Waals surface area contributed by atoms with E-state index in [1.807, 2.05) is 12.1 Å². The minimum Gasteiger partial charge on any atom is -0.382 e. The van der Waals surface area contributed by atoms with Crippen molar-refractivity contribution in [3.05, 3.63) is 25.6 Å². The van der Waals surface area contributed by atoms with E-state index in [-0.39, 0.29) is 12.5 Å². The summed E-state index contributed by atoms with van der Waals surface area (Å²) in [7, 11) is 1.58. The van der Waals surface area contributed by atoms with Gasteiger partial charge in [-0.1, -0.05) is 15.9 Å². The summed E-state index contributed by atoms with van der Waals surface area (Å²) >= 11 is 10.1. The number of hydrogen-bond acceptors (Lipinski definition) is 3. The molecule has 0 radical (unpaired) electrons. The van der Waals surface area contributed by atoms with Crippen molar-refractivity contribution >= 4 is 59.4 Å². The van der Waals surface area contributed by atoms with Crippen molar-refractivity contribution in [2.24, 2.45) is 0 Å². The molecule has 0 aromatic heterocycles. The van der Waals surface area contributed by atoms with E-state index in [2.05, 4.69) is 53.1 Å². The average molecular weight is 446 g/mol. The van der Waals surface area contributed by atoms with Crippen LogP contribution in [0.5, 0.6) is 0 Å². The minimum atomic E-state index is -0.213. The van der Waals surface area contributed by atoms with Crippen LogP contribution in [0.25, 0.3) is 0 Å². The zero-order chi connectivity index (χ0) is 13.5. The molecule has 0 heterocycles. The van der Waals surface area contributed by atoms with Crippen molar-refractivity contribution in [2.45, 2.75) is 0 Å². The number of carbonyl (C=O) groups excluding carboxylic acids is 1. The third kappa shape index (κ3) is 5.36. The van der Waals surface area contributed by atoms with Crippen LogP contribution >= 0.6 is 47.8 Å². The van der Waals surface area contributed by atoms with Gasteiger partial charge in [0.25, 0.3) is 0 Å². The summed E-state index contributed by atoms with van der Waals surface area (Å²) in [6.45, 7) is 0.865. The summed E-state index contributed by atoms with van der Waals surface area (Å²) in [4.78, 5) is 11.6. The number of anilines is 1. The predicted octanol–water partition coefficient (Wildman–Crippen LogP) is 3.58. The highest BCUT2D eigenvalue weighted by molar-refractivity contribution is 9.11. The summed E-state index contributed by atoms with van der Waals surface area (Å²) in [5.74, 6) is -0.213. The number of carbonyl (C=O) groups is 1. The molecule has 1 aromatic carbocycles. The van der Waals surface area contributed by atoms with Crippen molar-refractivity contribution in [3.8, 4) is 0 Å². The van der Waals surface area contributed by atoms with Gasteiger partial charge in [0.1, 0.15) is 6.61 Å². The molecule has 1 rings (SSSR count). The lowest BCUT2D eigenvalue weighted by molar-refractivity contribution is -0.121. The second kappa shape index (κ2) is 8.27. The van der Waals surface area contributed by atoms with Crippen molar-refractivity contribution in [2.75, 3.05) is 32.2 Å². The van der Waals surface area contributed by atoms with E-state index in [1.54, 1.807) is 7.11 Å². The third-order valence-corrected chi connectivity index (χ3v) is 3.64. The Morgan fingerprint density at radius 3 is 2.39 bits per heavy atom.